The first kappa shape index (κ1) is 15.8. The summed E-state index contributed by atoms with van der Waals surface area (Å²) in [6, 6.07) is 5.20. The number of hydrogen-bond acceptors (Lipinski definition) is 3. The summed E-state index contributed by atoms with van der Waals surface area (Å²) in [5.74, 6) is 0.0314. The Morgan fingerprint density at radius 2 is 1.95 bits per heavy atom. The molecular formula is C13H16Cl2N2O2. The molecule has 0 aliphatic carbocycles. The Morgan fingerprint density at radius 1 is 1.26 bits per heavy atom. The van der Waals surface area contributed by atoms with Crippen LogP contribution in [0.5, 0.6) is 0 Å². The molecule has 0 fully saturated rings. The van der Waals surface area contributed by atoms with Crippen molar-refractivity contribution in [1.29, 1.82) is 0 Å². The van der Waals surface area contributed by atoms with E-state index in [9.17, 15) is 4.79 Å². The van der Waals surface area contributed by atoms with E-state index in [0.29, 0.717) is 28.6 Å². The highest BCUT2D eigenvalue weighted by molar-refractivity contribution is 6.42. The summed E-state index contributed by atoms with van der Waals surface area (Å²) in [6.45, 7) is 0. The predicted octanol–water partition coefficient (Wildman–Crippen LogP) is 3.21. The van der Waals surface area contributed by atoms with E-state index in [1.807, 2.05) is 0 Å². The Kier molecular flexibility index (Phi) is 6.12. The van der Waals surface area contributed by atoms with Gasteiger partial charge in [-0.3, -0.25) is 4.79 Å². The number of benzene rings is 1. The lowest BCUT2D eigenvalue weighted by atomic mass is 10.1. The molecule has 0 atom stereocenters. The zero-order valence-corrected chi connectivity index (χ0v) is 12.6. The third kappa shape index (κ3) is 4.73. The van der Waals surface area contributed by atoms with Crippen molar-refractivity contribution < 1.29 is 9.63 Å². The van der Waals surface area contributed by atoms with Crippen molar-refractivity contribution in [3.8, 4) is 0 Å². The highest BCUT2D eigenvalue weighted by Gasteiger charge is 2.11. The monoisotopic (exact) mass is 302 g/mol. The summed E-state index contributed by atoms with van der Waals surface area (Å²) in [4.78, 5) is 17.9. The van der Waals surface area contributed by atoms with Gasteiger partial charge in [0.1, 0.15) is 7.11 Å². The van der Waals surface area contributed by atoms with Crippen LogP contribution in [0.1, 0.15) is 18.4 Å². The molecule has 19 heavy (non-hydrogen) atoms. The molecule has 1 aromatic carbocycles. The fourth-order valence-electron chi connectivity index (χ4n) is 1.48. The van der Waals surface area contributed by atoms with Gasteiger partial charge in [-0.1, -0.05) is 34.4 Å². The van der Waals surface area contributed by atoms with Crippen LogP contribution in [0.3, 0.4) is 0 Å². The largest absolute Gasteiger partial charge is 0.399 e. The van der Waals surface area contributed by atoms with Gasteiger partial charge >= 0.3 is 0 Å². The molecule has 0 heterocycles. The van der Waals surface area contributed by atoms with Gasteiger partial charge in [0.2, 0.25) is 5.91 Å². The molecule has 0 aliphatic rings. The second-order valence-corrected chi connectivity index (χ2v) is 4.95. The van der Waals surface area contributed by atoms with Crippen LogP contribution in [-0.2, 0) is 9.63 Å². The minimum atomic E-state index is 0.0314. The summed E-state index contributed by atoms with van der Waals surface area (Å²) in [5.41, 5.74) is 1.46. The topological polar surface area (TPSA) is 41.9 Å². The maximum absolute atomic E-state index is 11.6. The van der Waals surface area contributed by atoms with Gasteiger partial charge in [0.05, 0.1) is 15.8 Å². The fourth-order valence-corrected chi connectivity index (χ4v) is 1.78. The lowest BCUT2D eigenvalue weighted by Crippen LogP contribution is -2.22. The van der Waals surface area contributed by atoms with Crippen LogP contribution in [0.2, 0.25) is 10.0 Å². The minimum Gasteiger partial charge on any atom is -0.399 e. The van der Waals surface area contributed by atoms with E-state index in [-0.39, 0.29) is 5.91 Å². The zero-order valence-electron chi connectivity index (χ0n) is 11.1. The summed E-state index contributed by atoms with van der Waals surface area (Å²) < 4.78 is 0. The molecule has 4 nitrogen and oxygen atoms in total. The molecule has 0 bridgehead atoms. The number of amides is 1. The second kappa shape index (κ2) is 7.36. The van der Waals surface area contributed by atoms with Crippen LogP contribution in [-0.4, -0.2) is 37.7 Å². The van der Waals surface area contributed by atoms with Gasteiger partial charge in [-0.2, -0.15) is 0 Å². The maximum atomic E-state index is 11.6. The molecular weight excluding hydrogens is 287 g/mol. The van der Waals surface area contributed by atoms with Gasteiger partial charge < -0.3 is 9.74 Å². The predicted molar refractivity (Wildman–Crippen MR) is 77.9 cm³/mol. The van der Waals surface area contributed by atoms with Crippen molar-refractivity contribution in [3.05, 3.63) is 33.8 Å². The molecule has 0 spiro atoms. The molecule has 0 aromatic heterocycles. The molecule has 0 saturated heterocycles. The number of carbonyl (C=O) groups is 1. The second-order valence-electron chi connectivity index (χ2n) is 4.14. The van der Waals surface area contributed by atoms with E-state index >= 15 is 0 Å². The van der Waals surface area contributed by atoms with Gasteiger partial charge in [0, 0.05) is 32.5 Å². The molecule has 6 heteroatoms. The van der Waals surface area contributed by atoms with E-state index in [1.54, 1.807) is 37.2 Å². The standard InChI is InChI=1S/C13H16Cl2N2O2/c1-17(2)13(18)7-6-12(16-19-3)9-4-5-10(14)11(15)8-9/h4-5,8H,6-7H2,1-3H3/b16-12-. The number of nitrogens with zero attached hydrogens (tertiary/aromatic N) is 2. The fraction of sp³-hybridized carbons (Fsp3) is 0.385. The van der Waals surface area contributed by atoms with E-state index < -0.39 is 0 Å². The Balaban J connectivity index is 2.86. The summed E-state index contributed by atoms with van der Waals surface area (Å²) in [7, 11) is 4.90. The third-order valence-electron chi connectivity index (χ3n) is 2.53. The lowest BCUT2D eigenvalue weighted by Gasteiger charge is -2.11. The molecule has 104 valence electrons. The molecule has 0 saturated carbocycles. The van der Waals surface area contributed by atoms with E-state index in [1.165, 1.54) is 7.11 Å². The van der Waals surface area contributed by atoms with Crippen LogP contribution in [0.15, 0.2) is 23.4 Å². The molecule has 0 unspecified atom stereocenters. The van der Waals surface area contributed by atoms with Crippen molar-refractivity contribution in [3.63, 3.8) is 0 Å². The normalized spacial score (nSPS) is 11.3. The quantitative estimate of drug-likeness (QED) is 0.619. The number of rotatable bonds is 5. The first-order valence-electron chi connectivity index (χ1n) is 5.71. The highest BCUT2D eigenvalue weighted by Crippen LogP contribution is 2.23. The SMILES string of the molecule is CO/N=C(/CCC(=O)N(C)C)c1ccc(Cl)c(Cl)c1. The molecule has 1 rings (SSSR count). The van der Waals surface area contributed by atoms with Crippen LogP contribution < -0.4 is 0 Å². The van der Waals surface area contributed by atoms with Crippen LogP contribution in [0.25, 0.3) is 0 Å². The maximum Gasteiger partial charge on any atom is 0.222 e. The highest BCUT2D eigenvalue weighted by atomic mass is 35.5. The first-order chi connectivity index (χ1) is 8.95. The average Bonchev–Trinajstić information content (AvgIpc) is 2.37. The molecule has 1 amide bonds. The Hall–Kier alpha value is -1.26. The Bertz CT molecular complexity index is 488. The molecule has 0 radical (unpaired) electrons. The van der Waals surface area contributed by atoms with E-state index in [4.69, 9.17) is 28.0 Å². The van der Waals surface area contributed by atoms with Gasteiger partial charge in [0.15, 0.2) is 0 Å². The zero-order chi connectivity index (χ0) is 14.4. The first-order valence-corrected chi connectivity index (χ1v) is 6.47. The van der Waals surface area contributed by atoms with Crippen molar-refractivity contribution in [2.24, 2.45) is 5.16 Å². The summed E-state index contributed by atoms with van der Waals surface area (Å²) in [5, 5.41) is 4.87. The smallest absolute Gasteiger partial charge is 0.222 e. The molecule has 0 aliphatic heterocycles. The van der Waals surface area contributed by atoms with Crippen LogP contribution in [0, 0.1) is 0 Å². The van der Waals surface area contributed by atoms with Crippen molar-refractivity contribution in [2.45, 2.75) is 12.8 Å². The summed E-state index contributed by atoms with van der Waals surface area (Å²) >= 11 is 11.8. The van der Waals surface area contributed by atoms with Crippen LogP contribution in [0.4, 0.5) is 0 Å². The molecule has 1 aromatic rings. The summed E-state index contributed by atoms with van der Waals surface area (Å²) in [6.07, 6.45) is 0.832. The van der Waals surface area contributed by atoms with E-state index in [0.717, 1.165) is 5.56 Å². The Labute approximate surface area is 122 Å². The third-order valence-corrected chi connectivity index (χ3v) is 3.27. The minimum absolute atomic E-state index is 0.0314. The number of carbonyl (C=O) groups excluding carboxylic acids is 1. The lowest BCUT2D eigenvalue weighted by molar-refractivity contribution is -0.128. The van der Waals surface area contributed by atoms with Crippen molar-refractivity contribution in [2.75, 3.05) is 21.2 Å². The number of hydrogen-bond donors (Lipinski definition) is 0. The van der Waals surface area contributed by atoms with E-state index in [2.05, 4.69) is 5.16 Å². The van der Waals surface area contributed by atoms with Gasteiger partial charge in [-0.25, -0.2) is 0 Å². The van der Waals surface area contributed by atoms with Gasteiger partial charge in [-0.15, -0.1) is 0 Å². The number of halogens is 2. The van der Waals surface area contributed by atoms with Crippen LogP contribution >= 0.6 is 23.2 Å². The van der Waals surface area contributed by atoms with Gasteiger partial charge in [0.25, 0.3) is 0 Å². The van der Waals surface area contributed by atoms with Gasteiger partial charge in [-0.05, 0) is 12.1 Å². The van der Waals surface area contributed by atoms with Crippen molar-refractivity contribution >= 4 is 34.8 Å². The number of oxime groups is 1. The van der Waals surface area contributed by atoms with Crippen molar-refractivity contribution in [1.82, 2.24) is 4.90 Å². The average molecular weight is 303 g/mol. The molecule has 0 N–H and O–H groups in total. The Morgan fingerprint density at radius 3 is 2.47 bits per heavy atom.